The molecule has 3 aliphatic heterocycles. The zero-order valence-electron chi connectivity index (χ0n) is 30.5. The fraction of sp³-hybridized carbons (Fsp3) is 0.512. The van der Waals surface area contributed by atoms with E-state index in [0.29, 0.717) is 47.8 Å². The Labute approximate surface area is 308 Å². The number of likely N-dealkylation sites (tertiary alicyclic amines) is 1. The highest BCUT2D eigenvalue weighted by molar-refractivity contribution is 5.78. The van der Waals surface area contributed by atoms with Crippen molar-refractivity contribution in [3.8, 4) is 16.9 Å². The summed E-state index contributed by atoms with van der Waals surface area (Å²) in [5, 5.41) is 9.59. The number of amides is 1. The third kappa shape index (κ3) is 6.22. The van der Waals surface area contributed by atoms with Gasteiger partial charge in [-0.05, 0) is 104 Å². The zero-order valence-corrected chi connectivity index (χ0v) is 30.5. The highest BCUT2D eigenvalue weighted by atomic mass is 19.3. The molecule has 2 saturated carbocycles. The highest BCUT2D eigenvalue weighted by Gasteiger charge is 2.55. The minimum absolute atomic E-state index is 0.00258. The number of rotatable bonds is 8. The first kappa shape index (κ1) is 34.2. The van der Waals surface area contributed by atoms with E-state index in [2.05, 4.69) is 19.6 Å². The summed E-state index contributed by atoms with van der Waals surface area (Å²) in [5.41, 5.74) is 6.35. The number of piperidine rings is 1. The molecule has 0 radical (unpaired) electrons. The van der Waals surface area contributed by atoms with Crippen molar-refractivity contribution in [2.24, 2.45) is 12.5 Å². The van der Waals surface area contributed by atoms with Gasteiger partial charge in [0.1, 0.15) is 12.0 Å². The van der Waals surface area contributed by atoms with Crippen molar-refractivity contribution in [3.05, 3.63) is 76.7 Å². The largest absolute Gasteiger partial charge is 0.490 e. The van der Waals surface area contributed by atoms with Crippen LogP contribution in [0.1, 0.15) is 97.1 Å². The number of ether oxygens (including phenoxy) is 1. The molecule has 3 fully saturated rings. The van der Waals surface area contributed by atoms with Crippen molar-refractivity contribution in [2.75, 3.05) is 31.1 Å². The number of nitrogens with zero attached hydrogens (tertiary/aromatic N) is 7. The van der Waals surface area contributed by atoms with E-state index >= 15 is 0 Å². The lowest BCUT2D eigenvalue weighted by molar-refractivity contribution is -0.129. The van der Waals surface area contributed by atoms with E-state index in [4.69, 9.17) is 9.84 Å². The third-order valence-electron chi connectivity index (χ3n) is 12.7. The number of aldehydes is 1. The molecule has 0 atom stereocenters. The van der Waals surface area contributed by atoms with Crippen molar-refractivity contribution in [1.82, 2.24) is 29.4 Å². The number of aryl methyl sites for hydroxylation is 2. The Morgan fingerprint density at radius 3 is 2.45 bits per heavy atom. The maximum atomic E-state index is 14.7. The Morgan fingerprint density at radius 1 is 1.00 bits per heavy atom. The average Bonchev–Trinajstić information content (AvgIpc) is 3.75. The van der Waals surface area contributed by atoms with Gasteiger partial charge in [-0.3, -0.25) is 19.0 Å². The van der Waals surface area contributed by atoms with Crippen LogP contribution in [0.4, 0.5) is 20.3 Å². The number of aromatic nitrogens is 4. The summed E-state index contributed by atoms with van der Waals surface area (Å²) in [6, 6.07) is 11.8. The number of fused-ring (bicyclic) bond motifs is 2. The minimum atomic E-state index is -2.64. The van der Waals surface area contributed by atoms with Gasteiger partial charge in [0.05, 0.1) is 24.9 Å². The van der Waals surface area contributed by atoms with E-state index in [1.807, 2.05) is 23.1 Å². The summed E-state index contributed by atoms with van der Waals surface area (Å²) >= 11 is 0. The van der Waals surface area contributed by atoms with E-state index in [0.717, 1.165) is 92.7 Å². The number of alkyl halides is 2. The molecule has 1 spiro atoms. The molecule has 12 heteroatoms. The molecule has 0 N–H and O–H groups in total. The molecule has 2 aliphatic carbocycles. The van der Waals surface area contributed by atoms with E-state index in [-0.39, 0.29) is 23.6 Å². The molecule has 9 rings (SSSR count). The first-order valence-electron chi connectivity index (χ1n) is 19.2. The first-order chi connectivity index (χ1) is 25.7. The van der Waals surface area contributed by atoms with Gasteiger partial charge in [-0.2, -0.15) is 10.2 Å². The van der Waals surface area contributed by atoms with Crippen LogP contribution in [0, 0.1) is 5.41 Å². The van der Waals surface area contributed by atoms with Crippen molar-refractivity contribution in [3.63, 3.8) is 0 Å². The Kier molecular flexibility index (Phi) is 8.63. The van der Waals surface area contributed by atoms with Crippen molar-refractivity contribution >= 4 is 23.7 Å². The molecule has 0 bridgehead atoms. The van der Waals surface area contributed by atoms with Gasteiger partial charge in [-0.15, -0.1) is 0 Å². The van der Waals surface area contributed by atoms with Crippen molar-refractivity contribution in [2.45, 2.75) is 95.9 Å². The van der Waals surface area contributed by atoms with E-state index in [9.17, 15) is 18.4 Å². The molecule has 0 unspecified atom stereocenters. The van der Waals surface area contributed by atoms with Gasteiger partial charge in [0.25, 0.3) is 6.43 Å². The minimum Gasteiger partial charge on any atom is -0.490 e. The van der Waals surface area contributed by atoms with Crippen LogP contribution in [-0.4, -0.2) is 79.9 Å². The molecule has 1 amide bonds. The van der Waals surface area contributed by atoms with E-state index < -0.39 is 6.43 Å². The number of anilines is 2. The molecule has 53 heavy (non-hydrogen) atoms. The fourth-order valence-corrected chi connectivity index (χ4v) is 9.91. The summed E-state index contributed by atoms with van der Waals surface area (Å²) in [5.74, 6) is 1.69. The van der Waals surface area contributed by atoms with Crippen LogP contribution in [0.5, 0.6) is 5.75 Å². The second-order valence-corrected chi connectivity index (χ2v) is 16.1. The molecule has 2 aromatic heterocycles. The normalized spacial score (nSPS) is 24.5. The SMILES string of the molecule is CC(=O)N1CCc2c(c(N3CCCc4cc(-c5cnn(C)c5)c(C(F)F)cc43)nn2C2CCN(C3CC4(CC(Oc5ccc(C=O)cc5)C4)C3)CC2)C1. The van der Waals surface area contributed by atoms with Gasteiger partial charge in [-0.1, -0.05) is 0 Å². The maximum Gasteiger partial charge on any atom is 0.264 e. The lowest BCUT2D eigenvalue weighted by Gasteiger charge is -2.60. The predicted molar refractivity (Wildman–Crippen MR) is 197 cm³/mol. The number of hydrogen-bond acceptors (Lipinski definition) is 7. The summed E-state index contributed by atoms with van der Waals surface area (Å²) in [6.07, 6.45) is 11.0. The smallest absolute Gasteiger partial charge is 0.264 e. The van der Waals surface area contributed by atoms with Crippen molar-refractivity contribution in [1.29, 1.82) is 0 Å². The Morgan fingerprint density at radius 2 is 1.77 bits per heavy atom. The van der Waals surface area contributed by atoms with Crippen LogP contribution in [0.3, 0.4) is 0 Å². The molecule has 1 saturated heterocycles. The molecule has 5 heterocycles. The molecule has 10 nitrogen and oxygen atoms in total. The Hall–Kier alpha value is -4.58. The number of benzene rings is 2. The van der Waals surface area contributed by atoms with Gasteiger partial charge >= 0.3 is 0 Å². The van der Waals surface area contributed by atoms with Gasteiger partial charge in [0.15, 0.2) is 5.82 Å². The molecule has 5 aliphatic rings. The number of carbonyl (C=O) groups excluding carboxylic acids is 2. The standard InChI is InChI=1S/C41H47F2N7O3/c1-26(52)48-15-11-37-36(24-48)40(49-12-3-4-28-16-34(29-22-44-46(2)23-29)35(39(42)43)17-38(28)49)45-50(37)30-9-13-47(14-10-30)31-18-41(19-31)20-33(21-41)53-32-7-5-27(25-51)6-8-32/h5-8,16-17,22-23,25,30-31,33,39H,3-4,9-15,18-21,24H2,1-2H3. The first-order valence-corrected chi connectivity index (χ1v) is 19.2. The molecular formula is C41H47F2N7O3. The topological polar surface area (TPSA) is 88.7 Å². The second kappa shape index (κ2) is 13.4. The third-order valence-corrected chi connectivity index (χ3v) is 12.7. The lowest BCUT2D eigenvalue weighted by atomic mass is 9.52. The Bertz CT molecular complexity index is 2020. The van der Waals surface area contributed by atoms with Crippen LogP contribution < -0.4 is 9.64 Å². The quantitative estimate of drug-likeness (QED) is 0.180. The summed E-state index contributed by atoms with van der Waals surface area (Å²) < 4.78 is 39.4. The highest BCUT2D eigenvalue weighted by Crippen LogP contribution is 2.58. The van der Waals surface area contributed by atoms with Crippen LogP contribution in [-0.2, 0) is 31.2 Å². The maximum absolute atomic E-state index is 14.7. The van der Waals surface area contributed by atoms with Crippen LogP contribution in [0.2, 0.25) is 0 Å². The van der Waals surface area contributed by atoms with Gasteiger partial charge in [-0.25, -0.2) is 8.78 Å². The van der Waals surface area contributed by atoms with Gasteiger partial charge < -0.3 is 19.4 Å². The number of hydrogen-bond donors (Lipinski definition) is 0. The Balaban J connectivity index is 0.910. The van der Waals surface area contributed by atoms with Crippen molar-refractivity contribution < 1.29 is 23.1 Å². The van der Waals surface area contributed by atoms with Gasteiger partial charge in [0.2, 0.25) is 5.91 Å². The van der Waals surface area contributed by atoms with Crippen LogP contribution in [0.25, 0.3) is 11.1 Å². The van der Waals surface area contributed by atoms with E-state index in [1.165, 1.54) is 18.5 Å². The molecule has 2 aromatic carbocycles. The number of carbonyl (C=O) groups is 2. The summed E-state index contributed by atoms with van der Waals surface area (Å²) in [7, 11) is 1.79. The monoisotopic (exact) mass is 723 g/mol. The molecular weight excluding hydrogens is 676 g/mol. The van der Waals surface area contributed by atoms with Crippen LogP contribution in [0.15, 0.2) is 48.8 Å². The summed E-state index contributed by atoms with van der Waals surface area (Å²) in [6.45, 7) is 5.50. The average molecular weight is 724 g/mol. The molecule has 4 aromatic rings. The fourth-order valence-electron chi connectivity index (χ4n) is 9.91. The van der Waals surface area contributed by atoms with Crippen LogP contribution >= 0.6 is 0 Å². The zero-order chi connectivity index (χ0) is 36.4. The van der Waals surface area contributed by atoms with E-state index in [1.54, 1.807) is 49.2 Å². The lowest BCUT2D eigenvalue weighted by Crippen LogP contribution is -2.59. The second-order valence-electron chi connectivity index (χ2n) is 16.1. The molecule has 278 valence electrons. The number of halogens is 2. The summed E-state index contributed by atoms with van der Waals surface area (Å²) in [4.78, 5) is 30.3. The predicted octanol–water partition coefficient (Wildman–Crippen LogP) is 7.05. The van der Waals surface area contributed by atoms with Gasteiger partial charge in [0, 0.05) is 92.4 Å².